The van der Waals surface area contributed by atoms with E-state index in [0.717, 1.165) is 30.8 Å². The number of hydrogen-bond donors (Lipinski definition) is 0. The normalized spacial score (nSPS) is 12.0. The van der Waals surface area contributed by atoms with Crippen molar-refractivity contribution in [1.29, 1.82) is 0 Å². The van der Waals surface area contributed by atoms with E-state index < -0.39 is 0 Å². The van der Waals surface area contributed by atoms with Crippen molar-refractivity contribution in [2.24, 2.45) is 5.92 Å². The Morgan fingerprint density at radius 1 is 0.969 bits per heavy atom. The van der Waals surface area contributed by atoms with Crippen LogP contribution in [-0.2, 0) is 13.1 Å². The van der Waals surface area contributed by atoms with Gasteiger partial charge in [0.25, 0.3) is 5.91 Å². The van der Waals surface area contributed by atoms with Crippen LogP contribution in [-0.4, -0.2) is 28.0 Å². The maximum atomic E-state index is 13.5. The lowest BCUT2D eigenvalue weighted by Gasteiger charge is -2.32. The molecule has 0 aliphatic rings. The van der Waals surface area contributed by atoms with E-state index in [-0.39, 0.29) is 11.9 Å². The van der Waals surface area contributed by atoms with Crippen molar-refractivity contribution < 1.29 is 9.53 Å². The lowest BCUT2D eigenvalue weighted by Crippen LogP contribution is -2.41. The number of amides is 1. The molecule has 2 aromatic carbocycles. The van der Waals surface area contributed by atoms with Crippen LogP contribution in [0.25, 0.3) is 0 Å². The quantitative estimate of drug-likeness (QED) is 0.329. The van der Waals surface area contributed by atoms with Crippen LogP contribution in [0, 0.1) is 5.92 Å². The maximum Gasteiger partial charge on any atom is 0.254 e. The minimum Gasteiger partial charge on any atom is -0.494 e. The maximum absolute atomic E-state index is 13.5. The van der Waals surface area contributed by atoms with Crippen molar-refractivity contribution >= 4 is 5.91 Å². The summed E-state index contributed by atoms with van der Waals surface area (Å²) >= 11 is 0. The fourth-order valence-corrected chi connectivity index (χ4v) is 3.66. The van der Waals surface area contributed by atoms with Gasteiger partial charge in [-0.15, -0.1) is 0 Å². The summed E-state index contributed by atoms with van der Waals surface area (Å²) in [6.45, 7) is 10.7. The van der Waals surface area contributed by atoms with Crippen LogP contribution in [0.1, 0.15) is 62.2 Å². The second-order valence-electron chi connectivity index (χ2n) is 8.76. The molecular formula is C28H36N2O2. The first-order chi connectivity index (χ1) is 15.5. The average molecular weight is 433 g/mol. The zero-order valence-electron chi connectivity index (χ0n) is 19.8. The molecule has 0 N–H and O–H groups in total. The summed E-state index contributed by atoms with van der Waals surface area (Å²) in [5, 5.41) is 0. The molecule has 1 amide bonds. The summed E-state index contributed by atoms with van der Waals surface area (Å²) in [4.78, 5) is 15.5. The number of unbranched alkanes of at least 4 members (excludes halogenated alkanes) is 1. The lowest BCUT2D eigenvalue weighted by atomic mass is 10.0. The van der Waals surface area contributed by atoms with Gasteiger partial charge in [-0.05, 0) is 61.2 Å². The van der Waals surface area contributed by atoms with Crippen LogP contribution in [0.5, 0.6) is 5.75 Å². The molecule has 3 rings (SSSR count). The number of carbonyl (C=O) groups is 1. The summed E-state index contributed by atoms with van der Waals surface area (Å²) in [5.74, 6) is 1.22. The molecule has 0 fully saturated rings. The van der Waals surface area contributed by atoms with Gasteiger partial charge in [-0.2, -0.15) is 0 Å². The number of ether oxygens (including phenoxy) is 1. The predicted octanol–water partition coefficient (Wildman–Crippen LogP) is 6.40. The molecule has 0 saturated heterocycles. The van der Waals surface area contributed by atoms with Crippen LogP contribution in [0.15, 0.2) is 72.9 Å². The van der Waals surface area contributed by atoms with Crippen LogP contribution in [0.2, 0.25) is 0 Å². The Hall–Kier alpha value is -3.01. The van der Waals surface area contributed by atoms with Crippen molar-refractivity contribution in [1.82, 2.24) is 9.47 Å². The van der Waals surface area contributed by atoms with E-state index >= 15 is 0 Å². The third-order valence-electron chi connectivity index (χ3n) is 6.04. The van der Waals surface area contributed by atoms with Crippen LogP contribution in [0.4, 0.5) is 0 Å². The van der Waals surface area contributed by atoms with Crippen molar-refractivity contribution in [3.05, 3.63) is 89.7 Å². The first-order valence-corrected chi connectivity index (χ1v) is 11.7. The number of rotatable bonds is 11. The summed E-state index contributed by atoms with van der Waals surface area (Å²) < 4.78 is 7.99. The van der Waals surface area contributed by atoms with Gasteiger partial charge >= 0.3 is 0 Å². The molecule has 32 heavy (non-hydrogen) atoms. The number of carbonyl (C=O) groups excluding carboxylic acids is 1. The Labute approximate surface area is 192 Å². The first-order valence-electron chi connectivity index (χ1n) is 11.7. The van der Waals surface area contributed by atoms with Crippen molar-refractivity contribution in [2.75, 3.05) is 6.61 Å². The minimum atomic E-state index is 0.0544. The van der Waals surface area contributed by atoms with E-state index in [9.17, 15) is 4.79 Å². The Morgan fingerprint density at radius 2 is 1.69 bits per heavy atom. The molecule has 0 radical (unpaired) electrons. The SMILES string of the molecule is CCCCOc1ccc(C(=O)N(Cc2cccn2Cc2ccccc2)[C@@H](C)C(C)C)cc1. The summed E-state index contributed by atoms with van der Waals surface area (Å²) in [6.07, 6.45) is 4.22. The number of benzene rings is 2. The van der Waals surface area contributed by atoms with Gasteiger partial charge in [-0.25, -0.2) is 0 Å². The molecule has 4 heteroatoms. The molecule has 3 aromatic rings. The van der Waals surface area contributed by atoms with Gasteiger partial charge in [0, 0.05) is 30.0 Å². The first kappa shape index (κ1) is 23.6. The molecule has 4 nitrogen and oxygen atoms in total. The highest BCUT2D eigenvalue weighted by molar-refractivity contribution is 5.94. The summed E-state index contributed by atoms with van der Waals surface area (Å²) in [5.41, 5.74) is 3.08. The molecule has 1 atom stereocenters. The van der Waals surface area contributed by atoms with Gasteiger partial charge in [-0.3, -0.25) is 4.79 Å². The fourth-order valence-electron chi connectivity index (χ4n) is 3.66. The molecule has 0 unspecified atom stereocenters. The zero-order valence-corrected chi connectivity index (χ0v) is 19.8. The van der Waals surface area contributed by atoms with E-state index in [1.807, 2.05) is 35.2 Å². The topological polar surface area (TPSA) is 34.5 Å². The number of nitrogens with zero attached hydrogens (tertiary/aromatic N) is 2. The Bertz CT molecular complexity index is 961. The van der Waals surface area contributed by atoms with Crippen LogP contribution >= 0.6 is 0 Å². The molecule has 170 valence electrons. The molecule has 0 aliphatic carbocycles. The van der Waals surface area contributed by atoms with Gasteiger partial charge in [0.2, 0.25) is 0 Å². The van der Waals surface area contributed by atoms with Crippen molar-refractivity contribution in [3.8, 4) is 5.75 Å². The lowest BCUT2D eigenvalue weighted by molar-refractivity contribution is 0.0622. The average Bonchev–Trinajstić information content (AvgIpc) is 3.24. The second-order valence-corrected chi connectivity index (χ2v) is 8.76. The van der Waals surface area contributed by atoms with Gasteiger partial charge in [0.1, 0.15) is 5.75 Å². The van der Waals surface area contributed by atoms with Crippen LogP contribution < -0.4 is 4.74 Å². The third-order valence-corrected chi connectivity index (χ3v) is 6.04. The minimum absolute atomic E-state index is 0.0544. The van der Waals surface area contributed by atoms with E-state index in [0.29, 0.717) is 24.6 Å². The molecule has 0 spiro atoms. The Balaban J connectivity index is 1.77. The van der Waals surface area contributed by atoms with Gasteiger partial charge in [0.05, 0.1) is 13.2 Å². The third kappa shape index (κ3) is 6.25. The molecule has 0 saturated carbocycles. The Morgan fingerprint density at radius 3 is 2.34 bits per heavy atom. The zero-order chi connectivity index (χ0) is 22.9. The van der Waals surface area contributed by atoms with E-state index in [1.165, 1.54) is 5.56 Å². The Kier molecular flexibility index (Phi) is 8.55. The molecule has 1 heterocycles. The van der Waals surface area contributed by atoms with E-state index in [1.54, 1.807) is 0 Å². The number of aromatic nitrogens is 1. The van der Waals surface area contributed by atoms with Crippen LogP contribution in [0.3, 0.4) is 0 Å². The fraction of sp³-hybridized carbons (Fsp3) is 0.393. The van der Waals surface area contributed by atoms with E-state index in [2.05, 4.69) is 74.9 Å². The van der Waals surface area contributed by atoms with Gasteiger partial charge < -0.3 is 14.2 Å². The highest BCUT2D eigenvalue weighted by Crippen LogP contribution is 2.21. The summed E-state index contributed by atoms with van der Waals surface area (Å²) in [6, 6.07) is 22.3. The largest absolute Gasteiger partial charge is 0.494 e. The van der Waals surface area contributed by atoms with Crippen molar-refractivity contribution in [2.45, 2.75) is 59.7 Å². The molecule has 0 bridgehead atoms. The monoisotopic (exact) mass is 432 g/mol. The molecular weight excluding hydrogens is 396 g/mol. The van der Waals surface area contributed by atoms with Gasteiger partial charge in [-0.1, -0.05) is 57.5 Å². The smallest absolute Gasteiger partial charge is 0.254 e. The molecule has 0 aliphatic heterocycles. The highest BCUT2D eigenvalue weighted by Gasteiger charge is 2.25. The van der Waals surface area contributed by atoms with Crippen molar-refractivity contribution in [3.63, 3.8) is 0 Å². The highest BCUT2D eigenvalue weighted by atomic mass is 16.5. The molecule has 1 aromatic heterocycles. The van der Waals surface area contributed by atoms with E-state index in [4.69, 9.17) is 4.74 Å². The van der Waals surface area contributed by atoms with Gasteiger partial charge in [0.15, 0.2) is 0 Å². The second kappa shape index (κ2) is 11.6. The summed E-state index contributed by atoms with van der Waals surface area (Å²) in [7, 11) is 0. The standard InChI is InChI=1S/C28H36N2O2/c1-5-6-19-32-27-16-14-25(15-17-27)28(31)30(23(4)22(2)3)21-26-13-10-18-29(26)20-24-11-8-7-9-12-24/h7-18,22-23H,5-6,19-21H2,1-4H3/t23-/m0/s1. The number of hydrogen-bond acceptors (Lipinski definition) is 2. The predicted molar refractivity (Wildman–Crippen MR) is 131 cm³/mol.